The molecule has 0 amide bonds. The number of halogens is 6. The Balaban J connectivity index is 1.50. The molecule has 0 aromatic carbocycles. The molecule has 2 unspecified atom stereocenters. The van der Waals surface area contributed by atoms with Crippen LogP contribution in [0.4, 0.5) is 43.9 Å². The molecule has 4 heterocycles. The van der Waals surface area contributed by atoms with E-state index in [1.54, 1.807) is 6.26 Å². The van der Waals surface area contributed by atoms with Gasteiger partial charge in [-0.1, -0.05) is 6.07 Å². The minimum Gasteiger partial charge on any atom is -0.500 e. The summed E-state index contributed by atoms with van der Waals surface area (Å²) in [5.41, 5.74) is -1.42. The van der Waals surface area contributed by atoms with E-state index in [9.17, 15) is 26.3 Å². The molecule has 8 nitrogen and oxygen atoms in total. The Morgan fingerprint density at radius 2 is 1.71 bits per heavy atom. The van der Waals surface area contributed by atoms with Crippen LogP contribution in [0.15, 0.2) is 48.5 Å². The Morgan fingerprint density at radius 1 is 0.912 bits per heavy atom. The van der Waals surface area contributed by atoms with Crippen LogP contribution in [0.3, 0.4) is 0 Å². The average molecular weight is 481 g/mol. The lowest BCUT2D eigenvalue weighted by atomic mass is 10.2. The molecule has 3 aromatic heterocycles. The number of pyridine rings is 2. The highest BCUT2D eigenvalue weighted by Gasteiger charge is 2.49. The van der Waals surface area contributed by atoms with E-state index in [1.807, 2.05) is 0 Å². The normalized spacial score (nSPS) is 19.2. The van der Waals surface area contributed by atoms with Gasteiger partial charge in [0, 0.05) is 12.1 Å². The molecular formula is C20H13F6N7O. The SMILES string of the molecule is FC(F)(F)c1cncc(Nc2nc(NC3C4=COCC43)nc(-c3cccc(C(F)(F)F)n3)n2)c1. The lowest BCUT2D eigenvalue weighted by molar-refractivity contribution is -0.141. The van der Waals surface area contributed by atoms with E-state index in [2.05, 4.69) is 35.6 Å². The lowest BCUT2D eigenvalue weighted by Gasteiger charge is -2.12. The number of rotatable bonds is 5. The van der Waals surface area contributed by atoms with Crippen LogP contribution in [0.25, 0.3) is 11.5 Å². The largest absolute Gasteiger partial charge is 0.500 e. The van der Waals surface area contributed by atoms with Gasteiger partial charge in [-0.2, -0.15) is 41.3 Å². The summed E-state index contributed by atoms with van der Waals surface area (Å²) in [4.78, 5) is 19.5. The third-order valence-corrected chi connectivity index (χ3v) is 5.09. The number of hydrogen-bond acceptors (Lipinski definition) is 8. The van der Waals surface area contributed by atoms with Crippen molar-refractivity contribution in [2.45, 2.75) is 18.4 Å². The first-order valence-corrected chi connectivity index (χ1v) is 9.76. The first kappa shape index (κ1) is 21.9. The molecule has 34 heavy (non-hydrogen) atoms. The second-order valence-electron chi connectivity index (χ2n) is 7.48. The maximum Gasteiger partial charge on any atom is 0.433 e. The topological polar surface area (TPSA) is 97.7 Å². The summed E-state index contributed by atoms with van der Waals surface area (Å²) in [5.74, 6) is -0.283. The van der Waals surface area contributed by atoms with Crippen LogP contribution in [-0.2, 0) is 17.1 Å². The van der Waals surface area contributed by atoms with Crippen LogP contribution in [0.5, 0.6) is 0 Å². The van der Waals surface area contributed by atoms with Crippen LogP contribution in [0.1, 0.15) is 11.3 Å². The molecule has 1 fully saturated rings. The van der Waals surface area contributed by atoms with Crippen LogP contribution in [0.2, 0.25) is 0 Å². The minimum absolute atomic E-state index is 0.00643. The smallest absolute Gasteiger partial charge is 0.433 e. The van der Waals surface area contributed by atoms with Gasteiger partial charge in [0.25, 0.3) is 0 Å². The predicted molar refractivity (Wildman–Crippen MR) is 106 cm³/mol. The second kappa shape index (κ2) is 7.81. The van der Waals surface area contributed by atoms with Crippen molar-refractivity contribution < 1.29 is 31.1 Å². The van der Waals surface area contributed by atoms with Gasteiger partial charge in [-0.25, -0.2) is 4.98 Å². The molecule has 176 valence electrons. The second-order valence-corrected chi connectivity index (χ2v) is 7.48. The summed E-state index contributed by atoms with van der Waals surface area (Å²) in [6, 6.07) is 3.92. The molecule has 3 aromatic rings. The van der Waals surface area contributed by atoms with Crippen molar-refractivity contribution in [3.63, 3.8) is 0 Å². The van der Waals surface area contributed by atoms with E-state index < -0.39 is 23.6 Å². The molecule has 0 saturated heterocycles. The fourth-order valence-corrected chi connectivity index (χ4v) is 3.38. The van der Waals surface area contributed by atoms with E-state index in [-0.39, 0.29) is 41.1 Å². The Bertz CT molecular complexity index is 1280. The zero-order valence-corrected chi connectivity index (χ0v) is 16.8. The van der Waals surface area contributed by atoms with E-state index in [4.69, 9.17) is 4.74 Å². The van der Waals surface area contributed by atoms with E-state index >= 15 is 0 Å². The fraction of sp³-hybridized carbons (Fsp3) is 0.250. The van der Waals surface area contributed by atoms with Gasteiger partial charge in [0.05, 0.1) is 36.4 Å². The van der Waals surface area contributed by atoms with Gasteiger partial charge in [-0.15, -0.1) is 0 Å². The van der Waals surface area contributed by atoms with Crippen molar-refractivity contribution >= 4 is 17.6 Å². The summed E-state index contributed by atoms with van der Waals surface area (Å²) in [6.07, 6.45) is -5.92. The highest BCUT2D eigenvalue weighted by atomic mass is 19.4. The van der Waals surface area contributed by atoms with Gasteiger partial charge >= 0.3 is 12.4 Å². The quantitative estimate of drug-likeness (QED) is 0.517. The van der Waals surface area contributed by atoms with Crippen LogP contribution >= 0.6 is 0 Å². The average Bonchev–Trinajstić information content (AvgIpc) is 3.18. The lowest BCUT2D eigenvalue weighted by Crippen LogP contribution is -2.14. The highest BCUT2D eigenvalue weighted by Crippen LogP contribution is 2.44. The molecule has 1 aliphatic heterocycles. The summed E-state index contributed by atoms with van der Waals surface area (Å²) in [6.45, 7) is 0.473. The van der Waals surface area contributed by atoms with E-state index in [0.29, 0.717) is 12.8 Å². The first-order chi connectivity index (χ1) is 16.1. The Hall–Kier alpha value is -3.97. The van der Waals surface area contributed by atoms with Crippen LogP contribution < -0.4 is 10.6 Å². The standard InChI is InChI=1S/C20H13F6N7O/c21-19(22,23)9-4-10(6-27-5-9)28-17-31-16(13-2-1-3-14(29-13)20(24,25)26)32-18(33-17)30-15-11-7-34-8-12(11)15/h1-7,12,15H,8H2,(H2,28,30,31,32,33). The van der Waals surface area contributed by atoms with Gasteiger partial charge in [-0.05, 0) is 23.8 Å². The number of alkyl halides is 6. The Kier molecular flexibility index (Phi) is 5.02. The van der Waals surface area contributed by atoms with Gasteiger partial charge in [0.1, 0.15) is 11.4 Å². The van der Waals surface area contributed by atoms with Crippen molar-refractivity contribution in [3.8, 4) is 11.5 Å². The van der Waals surface area contributed by atoms with Gasteiger partial charge < -0.3 is 15.4 Å². The molecule has 2 aliphatic rings. The van der Waals surface area contributed by atoms with Crippen molar-refractivity contribution in [2.24, 2.45) is 5.92 Å². The van der Waals surface area contributed by atoms with Crippen molar-refractivity contribution in [1.29, 1.82) is 0 Å². The van der Waals surface area contributed by atoms with Crippen LogP contribution in [-0.4, -0.2) is 37.6 Å². The summed E-state index contributed by atoms with van der Waals surface area (Å²) in [7, 11) is 0. The number of aromatic nitrogens is 5. The van der Waals surface area contributed by atoms with Crippen molar-refractivity contribution in [3.05, 3.63) is 59.8 Å². The molecule has 0 spiro atoms. The number of ether oxygens (including phenoxy) is 1. The molecule has 5 rings (SSSR count). The molecule has 0 radical (unpaired) electrons. The summed E-state index contributed by atoms with van der Waals surface area (Å²) in [5, 5.41) is 5.64. The first-order valence-electron chi connectivity index (χ1n) is 9.76. The number of fused-ring (bicyclic) bond motifs is 1. The number of anilines is 3. The van der Waals surface area contributed by atoms with Gasteiger partial charge in [-0.3, -0.25) is 4.98 Å². The van der Waals surface area contributed by atoms with Crippen molar-refractivity contribution in [2.75, 3.05) is 17.2 Å². The highest BCUT2D eigenvalue weighted by molar-refractivity contribution is 5.60. The molecule has 2 N–H and O–H groups in total. The zero-order chi connectivity index (χ0) is 24.1. The molecular weight excluding hydrogens is 468 g/mol. The molecule has 14 heteroatoms. The maximum atomic E-state index is 13.1. The monoisotopic (exact) mass is 481 g/mol. The minimum atomic E-state index is -4.69. The van der Waals surface area contributed by atoms with Gasteiger partial charge in [0.2, 0.25) is 11.9 Å². The number of hydrogen-bond donors (Lipinski definition) is 2. The van der Waals surface area contributed by atoms with Crippen molar-refractivity contribution in [1.82, 2.24) is 24.9 Å². The molecule has 2 atom stereocenters. The van der Waals surface area contributed by atoms with E-state index in [0.717, 1.165) is 30.0 Å². The number of nitrogens with zero attached hydrogens (tertiary/aromatic N) is 5. The zero-order valence-electron chi connectivity index (χ0n) is 16.8. The number of nitrogens with one attached hydrogen (secondary N) is 2. The van der Waals surface area contributed by atoms with E-state index in [1.165, 1.54) is 6.07 Å². The third kappa shape index (κ3) is 4.43. The Morgan fingerprint density at radius 3 is 2.41 bits per heavy atom. The summed E-state index contributed by atoms with van der Waals surface area (Å²) >= 11 is 0. The Labute approximate surface area is 187 Å². The fourth-order valence-electron chi connectivity index (χ4n) is 3.38. The molecule has 1 aliphatic carbocycles. The third-order valence-electron chi connectivity index (χ3n) is 5.09. The maximum absolute atomic E-state index is 13.1. The van der Waals surface area contributed by atoms with Gasteiger partial charge in [0.15, 0.2) is 5.82 Å². The van der Waals surface area contributed by atoms with Crippen LogP contribution in [0, 0.1) is 5.92 Å². The molecule has 0 bridgehead atoms. The molecule has 1 saturated carbocycles. The predicted octanol–water partition coefficient (Wildman–Crippen LogP) is 4.43. The summed E-state index contributed by atoms with van der Waals surface area (Å²) < 4.78 is 83.6.